The molecule has 29 heavy (non-hydrogen) atoms. The van der Waals surface area contributed by atoms with E-state index in [1.807, 2.05) is 0 Å². The van der Waals surface area contributed by atoms with Gasteiger partial charge in [0.1, 0.15) is 17.8 Å². The summed E-state index contributed by atoms with van der Waals surface area (Å²) in [6.45, 7) is 1.93. The first-order valence-corrected chi connectivity index (χ1v) is 9.58. The first kappa shape index (κ1) is 20.9. The molecule has 4 N–H and O–H groups in total. The average molecular weight is 429 g/mol. The molecular weight excluding hydrogens is 407 g/mol. The quantitative estimate of drug-likeness (QED) is 0.577. The van der Waals surface area contributed by atoms with Crippen LogP contribution in [0, 0.1) is 5.82 Å². The number of nitrogens with zero attached hydrogens (tertiary/aromatic N) is 3. The molecule has 0 aromatic heterocycles. The predicted molar refractivity (Wildman–Crippen MR) is 104 cm³/mol. The molecule has 2 aliphatic rings. The van der Waals surface area contributed by atoms with Gasteiger partial charge >= 0.3 is 12.1 Å². The van der Waals surface area contributed by atoms with Crippen LogP contribution in [-0.4, -0.2) is 74.3 Å². The van der Waals surface area contributed by atoms with E-state index in [1.165, 1.54) is 16.0 Å². The molecule has 10 nitrogen and oxygen atoms in total. The smallest absolute Gasteiger partial charge is 0.414 e. The van der Waals surface area contributed by atoms with Gasteiger partial charge in [-0.15, -0.1) is 11.6 Å². The van der Waals surface area contributed by atoms with Gasteiger partial charge in [-0.25, -0.2) is 19.4 Å². The number of amides is 4. The van der Waals surface area contributed by atoms with E-state index in [0.717, 1.165) is 0 Å². The van der Waals surface area contributed by atoms with Gasteiger partial charge in [-0.05, 0) is 18.2 Å². The lowest BCUT2D eigenvalue weighted by atomic mass is 10.2. The second-order valence-corrected chi connectivity index (χ2v) is 6.84. The Morgan fingerprint density at radius 1 is 1.34 bits per heavy atom. The van der Waals surface area contributed by atoms with Gasteiger partial charge in [-0.3, -0.25) is 14.7 Å². The summed E-state index contributed by atoms with van der Waals surface area (Å²) in [5, 5.41) is 3.84. The van der Waals surface area contributed by atoms with Crippen molar-refractivity contribution in [1.29, 1.82) is 0 Å². The van der Waals surface area contributed by atoms with Gasteiger partial charge in [0.2, 0.25) is 5.91 Å². The Kier molecular flexibility index (Phi) is 6.60. The second-order valence-electron chi connectivity index (χ2n) is 6.57. The molecule has 0 unspecified atom stereocenters. The fourth-order valence-corrected chi connectivity index (χ4v) is 3.29. The van der Waals surface area contributed by atoms with Crippen LogP contribution in [0.15, 0.2) is 18.2 Å². The molecule has 0 spiro atoms. The number of carbonyl (C=O) groups is 3. The number of primary amides is 1. The van der Waals surface area contributed by atoms with Crippen molar-refractivity contribution in [3.63, 3.8) is 0 Å². The summed E-state index contributed by atoms with van der Waals surface area (Å²) in [6, 6.07) is 3.89. The SMILES string of the molecule is NC(=O)N1CCN(c2ccc(N3C[C@H](CNC(=O)CCl)OC3=O)cc2F)CCN1. The van der Waals surface area contributed by atoms with Crippen LogP contribution in [0.2, 0.25) is 0 Å². The largest absolute Gasteiger partial charge is 0.442 e. The van der Waals surface area contributed by atoms with E-state index in [1.54, 1.807) is 17.0 Å². The molecular formula is C17H22ClFN6O4. The van der Waals surface area contributed by atoms with Gasteiger partial charge in [0, 0.05) is 19.6 Å². The number of hydrogen-bond donors (Lipinski definition) is 3. The maximum absolute atomic E-state index is 14.8. The van der Waals surface area contributed by atoms with Crippen molar-refractivity contribution in [3.8, 4) is 0 Å². The monoisotopic (exact) mass is 428 g/mol. The number of ether oxygens (including phenoxy) is 1. The highest BCUT2D eigenvalue weighted by Gasteiger charge is 2.33. The topological polar surface area (TPSA) is 120 Å². The average Bonchev–Trinajstić information content (AvgIpc) is 2.90. The molecule has 0 aliphatic carbocycles. The molecule has 4 amide bonds. The highest BCUT2D eigenvalue weighted by Crippen LogP contribution is 2.28. The number of benzene rings is 1. The Hall–Kier alpha value is -2.79. The minimum Gasteiger partial charge on any atom is -0.442 e. The molecule has 158 valence electrons. The Morgan fingerprint density at radius 2 is 2.14 bits per heavy atom. The number of hydrogen-bond acceptors (Lipinski definition) is 6. The van der Waals surface area contributed by atoms with Crippen LogP contribution in [0.25, 0.3) is 0 Å². The summed E-state index contributed by atoms with van der Waals surface area (Å²) >= 11 is 5.42. The van der Waals surface area contributed by atoms with Gasteiger partial charge in [0.15, 0.2) is 0 Å². The van der Waals surface area contributed by atoms with Crippen molar-refractivity contribution in [2.75, 3.05) is 54.9 Å². The Balaban J connectivity index is 1.65. The molecule has 0 bridgehead atoms. The highest BCUT2D eigenvalue weighted by atomic mass is 35.5. The van der Waals surface area contributed by atoms with E-state index >= 15 is 0 Å². The number of carbonyl (C=O) groups excluding carboxylic acids is 3. The third-order valence-corrected chi connectivity index (χ3v) is 4.89. The lowest BCUT2D eigenvalue weighted by molar-refractivity contribution is -0.119. The van der Waals surface area contributed by atoms with E-state index < -0.39 is 24.0 Å². The van der Waals surface area contributed by atoms with Crippen LogP contribution < -0.4 is 26.3 Å². The van der Waals surface area contributed by atoms with E-state index in [2.05, 4.69) is 10.7 Å². The van der Waals surface area contributed by atoms with Gasteiger partial charge in [-0.2, -0.15) is 0 Å². The standard InChI is InChI=1S/C17H22ClFN6O4/c18-8-15(26)21-9-12-10-24(17(28)29-12)11-1-2-14(13(19)7-11)23-4-3-22-25(6-5-23)16(20)27/h1-2,7,12,22H,3-6,8-10H2,(H2,20,27)(H,21,26)/t12-/m0/s1. The van der Waals surface area contributed by atoms with Crippen molar-refractivity contribution in [2.45, 2.75) is 6.10 Å². The third kappa shape index (κ3) is 4.98. The summed E-state index contributed by atoms with van der Waals surface area (Å²) in [5.74, 6) is -1.04. The number of rotatable bonds is 5. The van der Waals surface area contributed by atoms with Crippen LogP contribution in [0.5, 0.6) is 0 Å². The zero-order valence-corrected chi connectivity index (χ0v) is 16.3. The number of urea groups is 1. The van der Waals surface area contributed by atoms with Crippen molar-refractivity contribution >= 4 is 41.0 Å². The van der Waals surface area contributed by atoms with Crippen LogP contribution in [0.1, 0.15) is 0 Å². The number of halogens is 2. The van der Waals surface area contributed by atoms with Crippen molar-refractivity contribution in [1.82, 2.24) is 15.8 Å². The fraction of sp³-hybridized carbons (Fsp3) is 0.471. The van der Waals surface area contributed by atoms with Crippen molar-refractivity contribution in [3.05, 3.63) is 24.0 Å². The van der Waals surface area contributed by atoms with Crippen molar-refractivity contribution in [2.24, 2.45) is 5.73 Å². The molecule has 3 rings (SSSR count). The minimum atomic E-state index is -0.613. The molecule has 2 heterocycles. The second kappa shape index (κ2) is 9.14. The zero-order chi connectivity index (χ0) is 21.0. The minimum absolute atomic E-state index is 0.130. The van der Waals surface area contributed by atoms with Crippen LogP contribution in [0.4, 0.5) is 25.4 Å². The Morgan fingerprint density at radius 3 is 2.83 bits per heavy atom. The molecule has 0 saturated carbocycles. The lowest BCUT2D eigenvalue weighted by Gasteiger charge is -2.24. The molecule has 2 saturated heterocycles. The molecule has 2 fully saturated rings. The Labute approximate surface area is 171 Å². The van der Waals surface area contributed by atoms with E-state index in [-0.39, 0.29) is 24.9 Å². The zero-order valence-electron chi connectivity index (χ0n) is 15.6. The third-order valence-electron chi connectivity index (χ3n) is 4.65. The normalized spacial score (nSPS) is 19.7. The first-order chi connectivity index (χ1) is 13.9. The van der Waals surface area contributed by atoms with Crippen LogP contribution >= 0.6 is 11.6 Å². The lowest BCUT2D eigenvalue weighted by Crippen LogP contribution is -2.46. The van der Waals surface area contributed by atoms with E-state index in [9.17, 15) is 18.8 Å². The van der Waals surface area contributed by atoms with E-state index in [4.69, 9.17) is 22.1 Å². The summed E-state index contributed by atoms with van der Waals surface area (Å²) in [6.07, 6.45) is -1.16. The molecule has 1 aromatic rings. The molecule has 1 aromatic carbocycles. The van der Waals surface area contributed by atoms with E-state index in [0.29, 0.717) is 37.6 Å². The Bertz CT molecular complexity index is 797. The molecule has 2 aliphatic heterocycles. The summed E-state index contributed by atoms with van der Waals surface area (Å²) < 4.78 is 20.0. The summed E-state index contributed by atoms with van der Waals surface area (Å²) in [7, 11) is 0. The van der Waals surface area contributed by atoms with Crippen molar-refractivity contribution < 1.29 is 23.5 Å². The van der Waals surface area contributed by atoms with Gasteiger partial charge in [0.05, 0.1) is 31.0 Å². The van der Waals surface area contributed by atoms with Crippen LogP contribution in [-0.2, 0) is 9.53 Å². The summed E-state index contributed by atoms with van der Waals surface area (Å²) in [5.41, 5.74) is 8.86. The molecule has 12 heteroatoms. The number of hydrazine groups is 1. The first-order valence-electron chi connectivity index (χ1n) is 9.05. The molecule has 1 atom stereocenters. The number of alkyl halides is 1. The van der Waals surface area contributed by atoms with Crippen LogP contribution in [0.3, 0.4) is 0 Å². The number of nitrogens with two attached hydrogens (primary N) is 1. The predicted octanol–water partition coefficient (Wildman–Crippen LogP) is 0.211. The van der Waals surface area contributed by atoms with Gasteiger partial charge in [0.25, 0.3) is 0 Å². The fourth-order valence-electron chi connectivity index (χ4n) is 3.19. The van der Waals surface area contributed by atoms with Gasteiger partial charge in [-0.1, -0.05) is 0 Å². The summed E-state index contributed by atoms with van der Waals surface area (Å²) in [4.78, 5) is 37.7. The van der Waals surface area contributed by atoms with Gasteiger partial charge < -0.3 is 20.7 Å². The maximum Gasteiger partial charge on any atom is 0.414 e. The number of nitrogens with one attached hydrogen (secondary N) is 2. The molecule has 0 radical (unpaired) electrons. The maximum atomic E-state index is 14.8. The number of anilines is 2. The highest BCUT2D eigenvalue weighted by molar-refractivity contribution is 6.27. The number of cyclic esters (lactones) is 1.